The summed E-state index contributed by atoms with van der Waals surface area (Å²) >= 11 is 6.00. The van der Waals surface area contributed by atoms with Crippen LogP contribution in [0, 0.1) is 16.0 Å². The number of hydrogen-bond donors (Lipinski definition) is 2. The van der Waals surface area contributed by atoms with Crippen molar-refractivity contribution in [1.82, 2.24) is 4.98 Å². The van der Waals surface area contributed by atoms with Crippen molar-refractivity contribution in [3.05, 3.63) is 27.4 Å². The van der Waals surface area contributed by atoms with E-state index in [4.69, 9.17) is 17.3 Å². The molecular weight excluding hydrogens is 268 g/mol. The number of nitro groups is 1. The van der Waals surface area contributed by atoms with Crippen LogP contribution in [0.3, 0.4) is 0 Å². The van der Waals surface area contributed by atoms with E-state index in [0.717, 1.165) is 6.42 Å². The van der Waals surface area contributed by atoms with E-state index in [0.29, 0.717) is 18.3 Å². The maximum atomic E-state index is 10.6. The second-order valence-corrected chi connectivity index (χ2v) is 5.68. The first kappa shape index (κ1) is 15.7. The molecule has 3 N–H and O–H groups in total. The number of nitrogens with one attached hydrogen (secondary N) is 1. The number of aromatic nitrogens is 1. The summed E-state index contributed by atoms with van der Waals surface area (Å²) in [4.78, 5) is 14.1. The molecule has 1 unspecified atom stereocenters. The van der Waals surface area contributed by atoms with Crippen LogP contribution in [-0.2, 0) is 0 Å². The van der Waals surface area contributed by atoms with Crippen LogP contribution in [0.2, 0.25) is 5.02 Å². The second-order valence-electron chi connectivity index (χ2n) is 5.27. The minimum Gasteiger partial charge on any atom is -0.362 e. The average Bonchev–Trinajstić information content (AvgIpc) is 2.30. The zero-order chi connectivity index (χ0) is 14.6. The third-order valence-corrected chi connectivity index (χ3v) is 3.06. The standard InChI is InChI=1S/C12H19ClN4O2/c1-8(2)5-12(3,7-14)16-11-10(13)4-9(6-15-11)17(18)19/h4,6,8H,5,7,14H2,1-3H3,(H,15,16). The van der Waals surface area contributed by atoms with Crippen molar-refractivity contribution in [3.63, 3.8) is 0 Å². The molecule has 1 rings (SSSR count). The van der Waals surface area contributed by atoms with Crippen LogP contribution >= 0.6 is 11.6 Å². The largest absolute Gasteiger partial charge is 0.362 e. The molecule has 6 nitrogen and oxygen atoms in total. The number of hydrogen-bond acceptors (Lipinski definition) is 5. The third-order valence-electron chi connectivity index (χ3n) is 2.77. The minimum absolute atomic E-state index is 0.131. The Morgan fingerprint density at radius 1 is 1.63 bits per heavy atom. The minimum atomic E-state index is -0.529. The van der Waals surface area contributed by atoms with Crippen molar-refractivity contribution < 1.29 is 4.92 Å². The van der Waals surface area contributed by atoms with E-state index in [1.165, 1.54) is 12.3 Å². The van der Waals surface area contributed by atoms with Gasteiger partial charge in [-0.1, -0.05) is 25.4 Å². The predicted octanol–water partition coefficient (Wildman–Crippen LogP) is 2.82. The van der Waals surface area contributed by atoms with Gasteiger partial charge in [0.05, 0.1) is 9.95 Å². The first-order valence-electron chi connectivity index (χ1n) is 6.05. The molecule has 1 atom stereocenters. The van der Waals surface area contributed by atoms with Crippen LogP contribution in [0.1, 0.15) is 27.2 Å². The van der Waals surface area contributed by atoms with E-state index < -0.39 is 4.92 Å². The van der Waals surface area contributed by atoms with Gasteiger partial charge in [0, 0.05) is 18.2 Å². The van der Waals surface area contributed by atoms with Gasteiger partial charge >= 0.3 is 0 Å². The van der Waals surface area contributed by atoms with Gasteiger partial charge in [-0.05, 0) is 19.3 Å². The molecule has 0 amide bonds. The molecule has 7 heteroatoms. The monoisotopic (exact) mass is 286 g/mol. The van der Waals surface area contributed by atoms with E-state index >= 15 is 0 Å². The molecule has 0 saturated heterocycles. The predicted molar refractivity (Wildman–Crippen MR) is 76.4 cm³/mol. The van der Waals surface area contributed by atoms with Gasteiger partial charge in [0.25, 0.3) is 5.69 Å². The molecule has 0 aliphatic rings. The van der Waals surface area contributed by atoms with E-state index in [1.807, 2.05) is 6.92 Å². The van der Waals surface area contributed by atoms with Gasteiger partial charge in [-0.15, -0.1) is 0 Å². The van der Waals surface area contributed by atoms with Crippen LogP contribution in [0.15, 0.2) is 12.3 Å². The molecule has 0 aliphatic carbocycles. The number of halogens is 1. The molecule has 0 aliphatic heterocycles. The average molecular weight is 287 g/mol. The van der Waals surface area contributed by atoms with E-state index in [2.05, 4.69) is 24.1 Å². The van der Waals surface area contributed by atoms with Gasteiger partial charge in [-0.2, -0.15) is 0 Å². The molecular formula is C12H19ClN4O2. The fourth-order valence-corrected chi connectivity index (χ4v) is 2.20. The first-order chi connectivity index (χ1) is 8.77. The van der Waals surface area contributed by atoms with Crippen molar-refractivity contribution >= 4 is 23.1 Å². The molecule has 1 aromatic heterocycles. The lowest BCUT2D eigenvalue weighted by Crippen LogP contribution is -2.44. The van der Waals surface area contributed by atoms with Crippen molar-refractivity contribution in [1.29, 1.82) is 0 Å². The lowest BCUT2D eigenvalue weighted by Gasteiger charge is -2.32. The maximum Gasteiger partial charge on any atom is 0.289 e. The highest BCUT2D eigenvalue weighted by Crippen LogP contribution is 2.28. The fourth-order valence-electron chi connectivity index (χ4n) is 1.99. The molecule has 0 bridgehead atoms. The molecule has 1 aromatic rings. The Morgan fingerprint density at radius 2 is 2.26 bits per heavy atom. The van der Waals surface area contributed by atoms with E-state index in [-0.39, 0.29) is 16.2 Å². The number of pyridine rings is 1. The van der Waals surface area contributed by atoms with Crippen molar-refractivity contribution in [2.24, 2.45) is 11.7 Å². The van der Waals surface area contributed by atoms with Gasteiger partial charge in [-0.25, -0.2) is 4.98 Å². The lowest BCUT2D eigenvalue weighted by molar-refractivity contribution is -0.385. The summed E-state index contributed by atoms with van der Waals surface area (Å²) in [6.45, 7) is 6.59. The van der Waals surface area contributed by atoms with Gasteiger partial charge < -0.3 is 11.1 Å². The van der Waals surface area contributed by atoms with Crippen molar-refractivity contribution in [3.8, 4) is 0 Å². The Kier molecular flexibility index (Phi) is 5.08. The highest BCUT2D eigenvalue weighted by Gasteiger charge is 2.25. The second kappa shape index (κ2) is 6.16. The quantitative estimate of drug-likeness (QED) is 0.619. The van der Waals surface area contributed by atoms with Crippen LogP contribution in [-0.4, -0.2) is 22.0 Å². The maximum absolute atomic E-state index is 10.6. The Labute approximate surface area is 117 Å². The number of nitrogens with two attached hydrogens (primary N) is 1. The molecule has 0 radical (unpaired) electrons. The Bertz CT molecular complexity index is 467. The molecule has 19 heavy (non-hydrogen) atoms. The first-order valence-corrected chi connectivity index (χ1v) is 6.43. The smallest absolute Gasteiger partial charge is 0.289 e. The molecule has 106 valence electrons. The summed E-state index contributed by atoms with van der Waals surface area (Å²) in [7, 11) is 0. The van der Waals surface area contributed by atoms with Gasteiger partial charge in [0.15, 0.2) is 0 Å². The van der Waals surface area contributed by atoms with Crippen LogP contribution < -0.4 is 11.1 Å². The molecule has 0 aromatic carbocycles. The molecule has 0 fully saturated rings. The van der Waals surface area contributed by atoms with E-state index in [1.54, 1.807) is 0 Å². The summed E-state index contributed by atoms with van der Waals surface area (Å²) in [5, 5.41) is 14.0. The topological polar surface area (TPSA) is 94.1 Å². The number of rotatable bonds is 6. The van der Waals surface area contributed by atoms with Crippen molar-refractivity contribution in [2.45, 2.75) is 32.7 Å². The Hall–Kier alpha value is -1.40. The highest BCUT2D eigenvalue weighted by molar-refractivity contribution is 6.33. The number of anilines is 1. The van der Waals surface area contributed by atoms with Gasteiger partial charge in [-0.3, -0.25) is 10.1 Å². The third kappa shape index (κ3) is 4.33. The summed E-state index contributed by atoms with van der Waals surface area (Å²) < 4.78 is 0. The fraction of sp³-hybridized carbons (Fsp3) is 0.583. The summed E-state index contributed by atoms with van der Waals surface area (Å²) in [6, 6.07) is 1.28. The summed E-state index contributed by atoms with van der Waals surface area (Å²) in [5.74, 6) is 0.874. The van der Waals surface area contributed by atoms with Crippen molar-refractivity contribution in [2.75, 3.05) is 11.9 Å². The molecule has 0 spiro atoms. The normalized spacial score (nSPS) is 14.2. The van der Waals surface area contributed by atoms with Crippen LogP contribution in [0.5, 0.6) is 0 Å². The number of nitrogens with zero attached hydrogens (tertiary/aromatic N) is 2. The highest BCUT2D eigenvalue weighted by atomic mass is 35.5. The summed E-state index contributed by atoms with van der Waals surface area (Å²) in [6.07, 6.45) is 2.03. The molecule has 1 heterocycles. The Morgan fingerprint density at radius 3 is 2.68 bits per heavy atom. The zero-order valence-electron chi connectivity index (χ0n) is 11.3. The SMILES string of the molecule is CC(C)CC(C)(CN)Nc1ncc([N+](=O)[O-])cc1Cl. The van der Waals surface area contributed by atoms with Crippen LogP contribution in [0.25, 0.3) is 0 Å². The molecule has 0 saturated carbocycles. The van der Waals surface area contributed by atoms with Gasteiger partial charge in [0.1, 0.15) is 12.0 Å². The summed E-state index contributed by atoms with van der Waals surface area (Å²) in [5.41, 5.74) is 5.31. The van der Waals surface area contributed by atoms with Crippen LogP contribution in [0.4, 0.5) is 11.5 Å². The lowest BCUT2D eigenvalue weighted by atomic mass is 9.91. The van der Waals surface area contributed by atoms with Gasteiger partial charge in [0.2, 0.25) is 0 Å². The Balaban J connectivity index is 2.95. The van der Waals surface area contributed by atoms with E-state index in [9.17, 15) is 10.1 Å². The zero-order valence-corrected chi connectivity index (χ0v) is 12.1.